The molecule has 2 rings (SSSR count). The van der Waals surface area contributed by atoms with Gasteiger partial charge in [0, 0.05) is 10.5 Å². The van der Waals surface area contributed by atoms with Crippen molar-refractivity contribution in [2.24, 2.45) is 0 Å². The van der Waals surface area contributed by atoms with Crippen molar-refractivity contribution in [2.45, 2.75) is 5.16 Å². The van der Waals surface area contributed by atoms with Crippen LogP contribution in [0, 0.1) is 5.82 Å². The highest BCUT2D eigenvalue weighted by Gasteiger charge is 2.06. The number of rotatable bonds is 3. The summed E-state index contributed by atoms with van der Waals surface area (Å²) >= 11 is 4.72. The van der Waals surface area contributed by atoms with Crippen LogP contribution in [0.5, 0.6) is 0 Å². The largest absolute Gasteiger partial charge is 0.383 e. The van der Waals surface area contributed by atoms with E-state index in [0.717, 1.165) is 4.47 Å². The summed E-state index contributed by atoms with van der Waals surface area (Å²) in [7, 11) is 0. The van der Waals surface area contributed by atoms with Gasteiger partial charge in [0.2, 0.25) is 0 Å². The number of thioether (sulfide) groups is 1. The van der Waals surface area contributed by atoms with E-state index in [4.69, 9.17) is 5.73 Å². The first-order valence-corrected chi connectivity index (χ1v) is 7.01. The van der Waals surface area contributed by atoms with Gasteiger partial charge in [0.25, 0.3) is 0 Å². The molecule has 0 bridgehead atoms. The Kier molecular flexibility index (Phi) is 4.03. The number of hydrogen-bond donors (Lipinski definition) is 2. The van der Waals surface area contributed by atoms with Gasteiger partial charge in [-0.05, 0) is 40.4 Å². The van der Waals surface area contributed by atoms with Crippen molar-refractivity contribution >= 4 is 45.0 Å². The first-order valence-electron chi connectivity index (χ1n) is 4.99. The fourth-order valence-corrected chi connectivity index (χ4v) is 2.06. The van der Waals surface area contributed by atoms with E-state index in [0.29, 0.717) is 22.5 Å². The monoisotopic (exact) mass is 328 g/mol. The lowest BCUT2D eigenvalue weighted by molar-refractivity contribution is 0.628. The molecule has 94 valence electrons. The lowest BCUT2D eigenvalue weighted by atomic mass is 10.3. The molecule has 7 heteroatoms. The number of halogens is 2. The number of aromatic nitrogens is 2. The van der Waals surface area contributed by atoms with Gasteiger partial charge in [-0.15, -0.1) is 0 Å². The van der Waals surface area contributed by atoms with Crippen molar-refractivity contribution in [1.29, 1.82) is 0 Å². The zero-order chi connectivity index (χ0) is 13.1. The maximum Gasteiger partial charge on any atom is 0.191 e. The molecule has 2 aromatic rings. The van der Waals surface area contributed by atoms with Gasteiger partial charge >= 0.3 is 0 Å². The van der Waals surface area contributed by atoms with E-state index in [2.05, 4.69) is 31.2 Å². The summed E-state index contributed by atoms with van der Waals surface area (Å²) in [6.45, 7) is 0. The van der Waals surface area contributed by atoms with Gasteiger partial charge in [0.1, 0.15) is 17.5 Å². The summed E-state index contributed by atoms with van der Waals surface area (Å²) in [5, 5.41) is 3.56. The summed E-state index contributed by atoms with van der Waals surface area (Å²) < 4.78 is 13.9. The molecule has 0 aliphatic rings. The summed E-state index contributed by atoms with van der Waals surface area (Å²) in [5.41, 5.74) is 6.25. The standard InChI is InChI=1S/C11H10BrFN4S/c1-18-11-16-9(14)5-10(17-11)15-8-4-6(13)2-3-7(8)12/h2-5H,1H3,(H3,14,15,16,17). The predicted octanol–water partition coefficient (Wildman–Crippen LogP) is 3.43. The molecular formula is C11H10BrFN4S. The van der Waals surface area contributed by atoms with E-state index in [9.17, 15) is 4.39 Å². The molecule has 1 aromatic heterocycles. The van der Waals surface area contributed by atoms with Crippen LogP contribution in [0.4, 0.5) is 21.7 Å². The Morgan fingerprint density at radius 3 is 2.83 bits per heavy atom. The maximum absolute atomic E-state index is 13.2. The molecule has 0 amide bonds. The van der Waals surface area contributed by atoms with Crippen LogP contribution < -0.4 is 11.1 Å². The van der Waals surface area contributed by atoms with Crippen molar-refractivity contribution in [3.8, 4) is 0 Å². The van der Waals surface area contributed by atoms with E-state index < -0.39 is 0 Å². The molecule has 1 heterocycles. The zero-order valence-corrected chi connectivity index (χ0v) is 11.8. The van der Waals surface area contributed by atoms with Crippen LogP contribution in [0.1, 0.15) is 0 Å². The Hall–Kier alpha value is -1.34. The first kappa shape index (κ1) is 13.1. The van der Waals surface area contributed by atoms with Crippen molar-refractivity contribution in [3.05, 3.63) is 34.6 Å². The lowest BCUT2D eigenvalue weighted by Crippen LogP contribution is -2.00. The van der Waals surface area contributed by atoms with Gasteiger partial charge in [0.15, 0.2) is 5.16 Å². The zero-order valence-electron chi connectivity index (χ0n) is 9.45. The minimum atomic E-state index is -0.326. The molecule has 0 unspecified atom stereocenters. The minimum absolute atomic E-state index is 0.326. The number of nitrogens with zero attached hydrogens (tertiary/aromatic N) is 2. The molecule has 1 aromatic carbocycles. The Morgan fingerprint density at radius 1 is 1.33 bits per heavy atom. The van der Waals surface area contributed by atoms with Crippen LogP contribution in [-0.2, 0) is 0 Å². The van der Waals surface area contributed by atoms with Crippen LogP contribution in [0.3, 0.4) is 0 Å². The number of nitrogen functional groups attached to an aromatic ring is 1. The van der Waals surface area contributed by atoms with Crippen LogP contribution in [0.2, 0.25) is 0 Å². The first-order chi connectivity index (χ1) is 8.58. The van der Waals surface area contributed by atoms with E-state index in [1.165, 1.54) is 23.9 Å². The molecule has 18 heavy (non-hydrogen) atoms. The Morgan fingerprint density at radius 2 is 2.11 bits per heavy atom. The molecule has 0 saturated carbocycles. The molecule has 4 nitrogen and oxygen atoms in total. The van der Waals surface area contributed by atoms with Gasteiger partial charge in [0.05, 0.1) is 5.69 Å². The number of anilines is 3. The third-order valence-electron chi connectivity index (χ3n) is 2.10. The second-order valence-electron chi connectivity index (χ2n) is 3.41. The van der Waals surface area contributed by atoms with Gasteiger partial charge in [-0.2, -0.15) is 0 Å². The second kappa shape index (κ2) is 5.53. The number of benzene rings is 1. The third kappa shape index (κ3) is 3.11. The molecule has 0 fully saturated rings. The molecule has 3 N–H and O–H groups in total. The minimum Gasteiger partial charge on any atom is -0.383 e. The topological polar surface area (TPSA) is 63.8 Å². The molecule has 0 radical (unpaired) electrons. The average molecular weight is 329 g/mol. The summed E-state index contributed by atoms with van der Waals surface area (Å²) in [5.74, 6) is 0.565. The fourth-order valence-electron chi connectivity index (χ4n) is 1.33. The Labute approximate surface area is 116 Å². The number of hydrogen-bond acceptors (Lipinski definition) is 5. The summed E-state index contributed by atoms with van der Waals surface area (Å²) in [4.78, 5) is 8.27. The van der Waals surface area contributed by atoms with Crippen LogP contribution in [-0.4, -0.2) is 16.2 Å². The van der Waals surface area contributed by atoms with Gasteiger partial charge < -0.3 is 11.1 Å². The van der Waals surface area contributed by atoms with Crippen LogP contribution in [0.15, 0.2) is 33.9 Å². The molecule has 0 aliphatic heterocycles. The summed E-state index contributed by atoms with van der Waals surface area (Å²) in [6, 6.07) is 5.97. The van der Waals surface area contributed by atoms with E-state index in [1.54, 1.807) is 12.1 Å². The fraction of sp³-hybridized carbons (Fsp3) is 0.0909. The molecule has 0 spiro atoms. The van der Waals surface area contributed by atoms with Gasteiger partial charge in [-0.25, -0.2) is 14.4 Å². The Balaban J connectivity index is 2.33. The van der Waals surface area contributed by atoms with E-state index in [1.807, 2.05) is 6.26 Å². The smallest absolute Gasteiger partial charge is 0.191 e. The predicted molar refractivity (Wildman–Crippen MR) is 75.6 cm³/mol. The molecule has 0 aliphatic carbocycles. The van der Waals surface area contributed by atoms with Crippen molar-refractivity contribution < 1.29 is 4.39 Å². The molecule has 0 saturated heterocycles. The van der Waals surface area contributed by atoms with E-state index in [-0.39, 0.29) is 5.82 Å². The Bertz CT molecular complexity index is 579. The van der Waals surface area contributed by atoms with Gasteiger partial charge in [-0.3, -0.25) is 0 Å². The third-order valence-corrected chi connectivity index (χ3v) is 3.34. The van der Waals surface area contributed by atoms with Crippen LogP contribution >= 0.6 is 27.7 Å². The van der Waals surface area contributed by atoms with Crippen LogP contribution in [0.25, 0.3) is 0 Å². The average Bonchev–Trinajstić information content (AvgIpc) is 2.33. The number of nitrogens with two attached hydrogens (primary N) is 1. The SMILES string of the molecule is CSc1nc(N)cc(Nc2cc(F)ccc2Br)n1. The highest BCUT2D eigenvalue weighted by Crippen LogP contribution is 2.27. The molecule has 0 atom stereocenters. The summed E-state index contributed by atoms with van der Waals surface area (Å²) in [6.07, 6.45) is 1.86. The molecular weight excluding hydrogens is 319 g/mol. The highest BCUT2D eigenvalue weighted by molar-refractivity contribution is 9.10. The van der Waals surface area contributed by atoms with Crippen molar-refractivity contribution in [2.75, 3.05) is 17.3 Å². The normalized spacial score (nSPS) is 10.4. The van der Waals surface area contributed by atoms with E-state index >= 15 is 0 Å². The highest BCUT2D eigenvalue weighted by atomic mass is 79.9. The maximum atomic E-state index is 13.2. The second-order valence-corrected chi connectivity index (χ2v) is 5.04. The van der Waals surface area contributed by atoms with Crippen molar-refractivity contribution in [1.82, 2.24) is 9.97 Å². The van der Waals surface area contributed by atoms with Gasteiger partial charge in [-0.1, -0.05) is 11.8 Å². The quantitative estimate of drug-likeness (QED) is 0.667. The van der Waals surface area contributed by atoms with Crippen molar-refractivity contribution in [3.63, 3.8) is 0 Å². The number of nitrogens with one attached hydrogen (secondary N) is 1. The lowest BCUT2D eigenvalue weighted by Gasteiger charge is -2.09.